The number of aldehydes is 1. The van der Waals surface area contributed by atoms with E-state index < -0.39 is 23.7 Å². The van der Waals surface area contributed by atoms with Crippen molar-refractivity contribution in [1.29, 1.82) is 0 Å². The van der Waals surface area contributed by atoms with Crippen LogP contribution in [0, 0.1) is 6.92 Å². The van der Waals surface area contributed by atoms with Crippen molar-refractivity contribution in [3.8, 4) is 0 Å². The first kappa shape index (κ1) is 103. The molecular formula is C96H141LiN3O9P. The van der Waals surface area contributed by atoms with Crippen LogP contribution in [0.4, 0.5) is 0 Å². The number of unbranched alkanes of at least 4 members (excludes halogenated alkanes) is 7. The van der Waals surface area contributed by atoms with Gasteiger partial charge in [-0.2, -0.15) is 6.42 Å². The van der Waals surface area contributed by atoms with E-state index in [1.165, 1.54) is 34.8 Å². The Morgan fingerprint density at radius 1 is 0.464 bits per heavy atom. The van der Waals surface area contributed by atoms with Gasteiger partial charge in [0.15, 0.2) is 0 Å². The normalized spacial score (nSPS) is 12.2. The van der Waals surface area contributed by atoms with Crippen molar-refractivity contribution in [1.82, 2.24) is 10.2 Å². The summed E-state index contributed by atoms with van der Waals surface area (Å²) in [4.78, 5) is 60.1. The molecule has 3 N–H and O–H groups in total. The second kappa shape index (κ2) is 58.5. The Kier molecular flexibility index (Phi) is 54.6. The fourth-order valence-electron chi connectivity index (χ4n) is 10.9. The molecule has 0 aliphatic heterocycles. The van der Waals surface area contributed by atoms with Gasteiger partial charge in [0, 0.05) is 55.6 Å². The van der Waals surface area contributed by atoms with Crippen LogP contribution in [0.15, 0.2) is 224 Å². The van der Waals surface area contributed by atoms with E-state index in [9.17, 15) is 24.0 Å². The zero-order chi connectivity index (χ0) is 81.6. The number of rotatable bonds is 31. The van der Waals surface area contributed by atoms with E-state index in [-0.39, 0.29) is 66.5 Å². The average Bonchev–Trinajstić information content (AvgIpc) is 0.755. The molecule has 0 spiro atoms. The van der Waals surface area contributed by atoms with E-state index in [2.05, 4.69) is 199 Å². The van der Waals surface area contributed by atoms with E-state index in [1.54, 1.807) is 0 Å². The van der Waals surface area contributed by atoms with Gasteiger partial charge in [0.25, 0.3) is 0 Å². The van der Waals surface area contributed by atoms with Crippen molar-refractivity contribution in [2.45, 2.75) is 294 Å². The smallest absolute Gasteiger partial charge is 0.460 e. The van der Waals surface area contributed by atoms with Gasteiger partial charge in [-0.25, -0.2) is 9.59 Å². The Morgan fingerprint density at radius 2 is 0.818 bits per heavy atom. The maximum Gasteiger partial charge on any atom is 1.00 e. The van der Waals surface area contributed by atoms with E-state index >= 15 is 0 Å². The van der Waals surface area contributed by atoms with Crippen LogP contribution < -0.4 is 45.8 Å². The summed E-state index contributed by atoms with van der Waals surface area (Å²) >= 11 is 0. The number of ether oxygens (including phenoxy) is 4. The third-order valence-corrected chi connectivity index (χ3v) is 20.2. The fourth-order valence-corrected chi connectivity index (χ4v) is 14.5. The Hall–Kier alpha value is -7.39. The van der Waals surface area contributed by atoms with Gasteiger partial charge in [-0.05, 0) is 168 Å². The molecule has 0 radical (unpaired) electrons. The quantitative estimate of drug-likeness (QED) is 0.00619. The number of nitrogens with one attached hydrogen (secondary N) is 1. The molecule has 110 heavy (non-hydrogen) atoms. The van der Waals surface area contributed by atoms with Crippen LogP contribution in [-0.2, 0) is 56.0 Å². The first-order valence-corrected chi connectivity index (χ1v) is 41.7. The summed E-state index contributed by atoms with van der Waals surface area (Å²) in [5, 5.41) is 6.91. The van der Waals surface area contributed by atoms with Crippen LogP contribution in [0.3, 0.4) is 0 Å². The minimum Gasteiger partial charge on any atom is -0.460 e. The van der Waals surface area contributed by atoms with Crippen molar-refractivity contribution >= 4 is 58.8 Å². The molecule has 0 saturated heterocycles. The Labute approximate surface area is 679 Å². The van der Waals surface area contributed by atoms with Crippen LogP contribution in [0.1, 0.15) is 269 Å². The molecule has 0 fully saturated rings. The van der Waals surface area contributed by atoms with Crippen LogP contribution >= 0.6 is 6.89 Å². The molecule has 600 valence electrons. The molecule has 7 rings (SSSR count). The SMILES string of the molecule is CC(C)(C)OC(=O)C=P(c1ccccc1)(c1ccccc1)c1ccccc1.CCCC/C=C/C(=O)OC(C)(C)C.CCCCC=O.CCCC[C@@H](CC(=O)OC(C)(C)C)N(Cc1ccccc1)[C@@H](C)c1ccccc1.CCCC[C@H](N)CC(=O)OC(C)(C)C.C[C@H](NCc1ccccc1)c1ccccc1.[CH2-]CCC.[Li+]. The number of carbonyl (C=O) groups excluding carboxylic acids is 5. The third-order valence-electron chi connectivity index (χ3n) is 16.3. The van der Waals surface area contributed by atoms with Crippen molar-refractivity contribution < 1.29 is 61.8 Å². The molecule has 7 aromatic carbocycles. The summed E-state index contributed by atoms with van der Waals surface area (Å²) < 4.78 is 21.6. The van der Waals surface area contributed by atoms with Gasteiger partial charge in [-0.15, -0.1) is 0 Å². The monoisotopic (exact) mass is 1520 g/mol. The number of carbonyl (C=O) groups is 5. The maximum absolute atomic E-state index is 12.9. The topological polar surface area (TPSA) is 164 Å². The molecule has 0 saturated carbocycles. The standard InChI is InChI=1S/C26H37NO2.C24H25O2P.C15H17N.C11H23NO2.C11H20O2.C5H10O.C4H9.Li/c1-6-7-18-24(19-25(28)29-26(3,4)5)27(20-22-14-10-8-11-15-22)21(2)23-16-12-9-13-17-23;1-24(2,3)26-23(25)19-27(20-13-7-4-8-14-20,21-15-9-5-10-16-21)22-17-11-6-12-18-22;1-13(15-10-6-3-7-11-15)16-12-14-8-4-2-5-9-14;1-5-6-7-9(12)8-10(13)14-11(2,3)4;1-5-6-7-8-9-10(12)13-11(2,3)4;1-2-3-4-5-6;1-3-4-2;/h8-17,21,24H,6-7,18-20H2,1-5H3;4-19H,1-3H3;2-11,13,16H,12H2,1H3;9H,5-8,12H2,1-4H3;8-9H,5-7H2,1-4H3;5H,2-4H2,1H3;1,3-4H2,2H3;/q;;;;;;-1;+1/b;;;;9-8+;;;/t21-,24-;;13-;9-;;;;/m0.00..../s1. The molecule has 14 heteroatoms. The molecule has 0 aliphatic rings. The molecule has 7 aromatic rings. The molecule has 0 aliphatic carbocycles. The molecule has 0 unspecified atom stereocenters. The van der Waals surface area contributed by atoms with Crippen molar-refractivity contribution in [2.24, 2.45) is 5.73 Å². The largest absolute Gasteiger partial charge is 1.00 e. The summed E-state index contributed by atoms with van der Waals surface area (Å²) in [6, 6.07) is 73.6. The van der Waals surface area contributed by atoms with Gasteiger partial charge >= 0.3 is 42.7 Å². The molecule has 0 heterocycles. The van der Waals surface area contributed by atoms with Crippen LogP contribution in [-0.4, -0.2) is 75.3 Å². The Bertz CT molecular complexity index is 3450. The summed E-state index contributed by atoms with van der Waals surface area (Å²) in [5.41, 5.74) is 9.20. The number of hydrogen-bond donors (Lipinski definition) is 2. The summed E-state index contributed by atoms with van der Waals surface area (Å²) in [5.74, 6) is 0.979. The fraction of sp³-hybridized carbons (Fsp3) is 0.469. The third kappa shape index (κ3) is 49.1. The number of allylic oxidation sites excluding steroid dienone is 1. The van der Waals surface area contributed by atoms with E-state index in [4.69, 9.17) is 24.7 Å². The van der Waals surface area contributed by atoms with E-state index in [0.29, 0.717) is 18.9 Å². The molecule has 0 aromatic heterocycles. The Balaban J connectivity index is 0.00000135. The zero-order valence-electron chi connectivity index (χ0n) is 71.4. The first-order chi connectivity index (χ1) is 51.7. The van der Waals surface area contributed by atoms with E-state index in [0.717, 1.165) is 119 Å². The van der Waals surface area contributed by atoms with Gasteiger partial charge in [0.1, 0.15) is 28.7 Å². The molecule has 0 bridgehead atoms. The minimum atomic E-state index is -2.29. The van der Waals surface area contributed by atoms with Crippen LogP contribution in [0.2, 0.25) is 0 Å². The maximum atomic E-state index is 12.9. The molecular weight excluding hydrogens is 1380 g/mol. The van der Waals surface area contributed by atoms with Gasteiger partial charge in [-0.3, -0.25) is 14.5 Å². The number of benzene rings is 7. The average molecular weight is 1520 g/mol. The Morgan fingerprint density at radius 3 is 1.20 bits per heavy atom. The van der Waals surface area contributed by atoms with Gasteiger partial charge < -0.3 is 41.7 Å². The van der Waals surface area contributed by atoms with Crippen LogP contribution in [0.25, 0.3) is 0 Å². The van der Waals surface area contributed by atoms with Crippen molar-refractivity contribution in [2.75, 3.05) is 0 Å². The van der Waals surface area contributed by atoms with Gasteiger partial charge in [0.2, 0.25) is 0 Å². The summed E-state index contributed by atoms with van der Waals surface area (Å²) in [6.45, 7) is 40.8. The number of nitrogens with zero attached hydrogens (tertiary/aromatic N) is 1. The van der Waals surface area contributed by atoms with Gasteiger partial charge in [-0.1, -0.05) is 304 Å². The number of hydrogen-bond acceptors (Lipinski definition) is 12. The van der Waals surface area contributed by atoms with E-state index in [1.807, 2.05) is 174 Å². The zero-order valence-corrected chi connectivity index (χ0v) is 72.3. The summed E-state index contributed by atoms with van der Waals surface area (Å²) in [7, 11) is 0. The second-order valence-electron chi connectivity index (χ2n) is 31.2. The number of nitrogens with two attached hydrogens (primary N) is 1. The predicted molar refractivity (Wildman–Crippen MR) is 464 cm³/mol. The van der Waals surface area contributed by atoms with Crippen molar-refractivity contribution in [3.63, 3.8) is 0 Å². The van der Waals surface area contributed by atoms with Crippen molar-refractivity contribution in [3.05, 3.63) is 254 Å². The molecule has 4 atom stereocenters. The van der Waals surface area contributed by atoms with Gasteiger partial charge in [0.05, 0.1) is 12.8 Å². The number of esters is 4. The minimum absolute atomic E-state index is 0. The molecule has 12 nitrogen and oxygen atoms in total. The predicted octanol–water partition coefficient (Wildman–Crippen LogP) is 19.5. The molecule has 0 amide bonds. The second-order valence-corrected chi connectivity index (χ2v) is 34.4. The van der Waals surface area contributed by atoms with Crippen LogP contribution in [0.5, 0.6) is 0 Å². The summed E-state index contributed by atoms with van der Waals surface area (Å²) in [6.07, 6.45) is 19.8. The first-order valence-electron chi connectivity index (χ1n) is 39.8.